The Morgan fingerprint density at radius 3 is 2.58 bits per heavy atom. The second-order valence-corrected chi connectivity index (χ2v) is 10.4. The van der Waals surface area contributed by atoms with Crippen LogP contribution in [0.2, 0.25) is 0 Å². The highest BCUT2D eigenvalue weighted by molar-refractivity contribution is 5.97. The number of primary amides is 1. The number of nitrogens with one attached hydrogen (secondary N) is 3. The molecule has 3 heterocycles. The molecule has 0 radical (unpaired) electrons. The van der Waals surface area contributed by atoms with E-state index in [1.54, 1.807) is 6.20 Å². The van der Waals surface area contributed by atoms with E-state index in [1.807, 2.05) is 24.3 Å². The number of aromatic nitrogens is 1. The van der Waals surface area contributed by atoms with Gasteiger partial charge in [0.1, 0.15) is 17.9 Å². The van der Waals surface area contributed by atoms with Crippen LogP contribution < -0.4 is 16.4 Å². The maximum atomic E-state index is 13.8. The standard InChI is InChI=1S/C29H33FN6O4/c30-21-5-3-4-19(14-21)28(39)35-12-13-36(29(40)18-8-10-32-11-9-18)25(17-35)27(38)34-24(26(31)37)15-20-16-33-23-7-2-1-6-22(20)23/h1-7,14,16,18,24-25,32-33H,8-13,15,17H2,(H2,31,37)(H,34,38). The molecule has 2 aliphatic heterocycles. The fourth-order valence-electron chi connectivity index (χ4n) is 5.57. The van der Waals surface area contributed by atoms with E-state index < -0.39 is 35.6 Å². The lowest BCUT2D eigenvalue weighted by atomic mass is 9.95. The molecule has 40 heavy (non-hydrogen) atoms. The molecular weight excluding hydrogens is 515 g/mol. The first kappa shape index (κ1) is 27.3. The summed E-state index contributed by atoms with van der Waals surface area (Å²) in [6.07, 6.45) is 3.24. The van der Waals surface area contributed by atoms with Crippen LogP contribution >= 0.6 is 0 Å². The van der Waals surface area contributed by atoms with Crippen molar-refractivity contribution in [2.24, 2.45) is 11.7 Å². The van der Waals surface area contributed by atoms with Crippen molar-refractivity contribution in [2.45, 2.75) is 31.3 Å². The number of carbonyl (C=O) groups is 4. The number of para-hydroxylation sites is 1. The van der Waals surface area contributed by atoms with Gasteiger partial charge in [-0.1, -0.05) is 24.3 Å². The first-order valence-corrected chi connectivity index (χ1v) is 13.5. The molecule has 2 aliphatic rings. The number of hydrogen-bond donors (Lipinski definition) is 4. The molecule has 11 heteroatoms. The summed E-state index contributed by atoms with van der Waals surface area (Å²) >= 11 is 0. The predicted molar refractivity (Wildman–Crippen MR) is 147 cm³/mol. The number of hydrogen-bond acceptors (Lipinski definition) is 5. The Balaban J connectivity index is 1.37. The van der Waals surface area contributed by atoms with Gasteiger partial charge in [-0.3, -0.25) is 19.2 Å². The molecule has 1 aromatic heterocycles. The summed E-state index contributed by atoms with van der Waals surface area (Å²) in [7, 11) is 0. The Labute approximate surface area is 231 Å². The zero-order valence-electron chi connectivity index (χ0n) is 22.1. The van der Waals surface area contributed by atoms with Gasteiger partial charge in [0.05, 0.1) is 6.54 Å². The molecule has 4 amide bonds. The van der Waals surface area contributed by atoms with E-state index in [2.05, 4.69) is 15.6 Å². The smallest absolute Gasteiger partial charge is 0.254 e. The molecule has 0 bridgehead atoms. The number of piperazine rings is 1. The van der Waals surface area contributed by atoms with Gasteiger partial charge < -0.3 is 31.2 Å². The highest BCUT2D eigenvalue weighted by Crippen LogP contribution is 2.22. The first-order chi connectivity index (χ1) is 19.3. The van der Waals surface area contributed by atoms with Crippen LogP contribution in [0.25, 0.3) is 10.9 Å². The largest absolute Gasteiger partial charge is 0.368 e. The Morgan fingerprint density at radius 1 is 1.05 bits per heavy atom. The Bertz CT molecular complexity index is 1420. The lowest BCUT2D eigenvalue weighted by molar-refractivity contribution is -0.147. The van der Waals surface area contributed by atoms with Gasteiger partial charge in [0.2, 0.25) is 17.7 Å². The summed E-state index contributed by atoms with van der Waals surface area (Å²) in [5.41, 5.74) is 7.57. The highest BCUT2D eigenvalue weighted by Gasteiger charge is 2.40. The Hall–Kier alpha value is -4.25. The van der Waals surface area contributed by atoms with E-state index in [0.29, 0.717) is 25.9 Å². The molecule has 2 aromatic carbocycles. The zero-order chi connectivity index (χ0) is 28.2. The van der Waals surface area contributed by atoms with Crippen molar-refractivity contribution >= 4 is 34.5 Å². The maximum absolute atomic E-state index is 13.8. The first-order valence-electron chi connectivity index (χ1n) is 13.5. The maximum Gasteiger partial charge on any atom is 0.254 e. The molecule has 2 atom stereocenters. The van der Waals surface area contributed by atoms with Gasteiger partial charge in [-0.25, -0.2) is 4.39 Å². The minimum atomic E-state index is -1.03. The van der Waals surface area contributed by atoms with Crippen molar-refractivity contribution in [1.82, 2.24) is 25.4 Å². The van der Waals surface area contributed by atoms with Crippen LogP contribution in [0, 0.1) is 11.7 Å². The second-order valence-electron chi connectivity index (χ2n) is 10.4. The third kappa shape index (κ3) is 5.84. The summed E-state index contributed by atoms with van der Waals surface area (Å²) in [6, 6.07) is 10.9. The van der Waals surface area contributed by atoms with Gasteiger partial charge in [0, 0.05) is 48.1 Å². The SMILES string of the molecule is NC(=O)C(Cc1c[nH]c2ccccc12)NC(=O)C1CN(C(=O)c2cccc(F)c2)CCN1C(=O)C1CCNCC1. The topological polar surface area (TPSA) is 141 Å². The van der Waals surface area contributed by atoms with E-state index in [4.69, 9.17) is 5.73 Å². The summed E-state index contributed by atoms with van der Waals surface area (Å²) < 4.78 is 13.8. The van der Waals surface area contributed by atoms with E-state index in [0.717, 1.165) is 22.5 Å². The number of rotatable bonds is 7. The average Bonchev–Trinajstić information content (AvgIpc) is 3.38. The molecule has 2 unspecified atom stereocenters. The van der Waals surface area contributed by atoms with Crippen molar-refractivity contribution in [1.29, 1.82) is 0 Å². The molecule has 0 saturated carbocycles. The monoisotopic (exact) mass is 548 g/mol. The Morgan fingerprint density at radius 2 is 1.82 bits per heavy atom. The van der Waals surface area contributed by atoms with Crippen molar-refractivity contribution in [3.8, 4) is 0 Å². The number of halogens is 1. The molecule has 5 N–H and O–H groups in total. The van der Waals surface area contributed by atoms with E-state index in [-0.39, 0.29) is 43.4 Å². The minimum Gasteiger partial charge on any atom is -0.368 e. The Kier molecular flexibility index (Phi) is 8.11. The van der Waals surface area contributed by atoms with Crippen LogP contribution in [-0.2, 0) is 20.8 Å². The normalized spacial score (nSPS) is 18.9. The molecule has 3 aromatic rings. The number of H-pyrrole nitrogens is 1. The third-order valence-electron chi connectivity index (χ3n) is 7.77. The van der Waals surface area contributed by atoms with Gasteiger partial charge in [0.15, 0.2) is 0 Å². The molecule has 5 rings (SSSR count). The van der Waals surface area contributed by atoms with Gasteiger partial charge in [0.25, 0.3) is 5.91 Å². The van der Waals surface area contributed by atoms with Crippen molar-refractivity contribution in [3.05, 3.63) is 71.7 Å². The lowest BCUT2D eigenvalue weighted by Crippen LogP contribution is -2.64. The van der Waals surface area contributed by atoms with Crippen molar-refractivity contribution in [2.75, 3.05) is 32.7 Å². The van der Waals surface area contributed by atoms with Crippen LogP contribution in [-0.4, -0.2) is 83.2 Å². The number of piperidine rings is 1. The molecule has 210 valence electrons. The van der Waals surface area contributed by atoms with Gasteiger partial charge in [-0.15, -0.1) is 0 Å². The van der Waals surface area contributed by atoms with Gasteiger partial charge in [-0.2, -0.15) is 0 Å². The number of carbonyl (C=O) groups excluding carboxylic acids is 4. The van der Waals surface area contributed by atoms with Crippen LogP contribution in [0.4, 0.5) is 4.39 Å². The second kappa shape index (κ2) is 11.9. The van der Waals surface area contributed by atoms with Gasteiger partial charge >= 0.3 is 0 Å². The minimum absolute atomic E-state index is 0.0868. The molecular formula is C29H33FN6O4. The lowest BCUT2D eigenvalue weighted by Gasteiger charge is -2.42. The number of benzene rings is 2. The molecule has 0 aliphatic carbocycles. The van der Waals surface area contributed by atoms with Crippen LogP contribution in [0.1, 0.15) is 28.8 Å². The van der Waals surface area contributed by atoms with Gasteiger partial charge in [-0.05, 0) is 55.8 Å². The van der Waals surface area contributed by atoms with E-state index >= 15 is 0 Å². The summed E-state index contributed by atoms with van der Waals surface area (Å²) in [5, 5.41) is 6.90. The number of aromatic amines is 1. The average molecular weight is 549 g/mol. The zero-order valence-corrected chi connectivity index (χ0v) is 22.1. The summed E-state index contributed by atoms with van der Waals surface area (Å²) in [4.78, 5) is 59.0. The molecule has 2 fully saturated rings. The number of amides is 4. The fraction of sp³-hybridized carbons (Fsp3) is 0.379. The molecule has 2 saturated heterocycles. The van der Waals surface area contributed by atoms with Crippen molar-refractivity contribution in [3.63, 3.8) is 0 Å². The predicted octanol–water partition coefficient (Wildman–Crippen LogP) is 1.17. The highest BCUT2D eigenvalue weighted by atomic mass is 19.1. The van der Waals surface area contributed by atoms with Crippen LogP contribution in [0.5, 0.6) is 0 Å². The summed E-state index contributed by atoms with van der Waals surface area (Å²) in [6.45, 7) is 1.67. The number of nitrogens with zero attached hydrogens (tertiary/aromatic N) is 2. The molecule has 10 nitrogen and oxygen atoms in total. The fourth-order valence-corrected chi connectivity index (χ4v) is 5.57. The van der Waals surface area contributed by atoms with Crippen LogP contribution in [0.3, 0.4) is 0 Å². The van der Waals surface area contributed by atoms with E-state index in [1.165, 1.54) is 28.0 Å². The van der Waals surface area contributed by atoms with E-state index in [9.17, 15) is 23.6 Å². The van der Waals surface area contributed by atoms with Crippen LogP contribution in [0.15, 0.2) is 54.7 Å². The number of nitrogens with two attached hydrogens (primary N) is 1. The summed E-state index contributed by atoms with van der Waals surface area (Å²) in [5.74, 6) is -2.63. The third-order valence-corrected chi connectivity index (χ3v) is 7.77. The van der Waals surface area contributed by atoms with Crippen molar-refractivity contribution < 1.29 is 23.6 Å². The quantitative estimate of drug-likeness (QED) is 0.351. The number of fused-ring (bicyclic) bond motifs is 1. The molecule has 0 spiro atoms.